The van der Waals surface area contributed by atoms with Crippen molar-refractivity contribution in [2.75, 3.05) is 0 Å². The van der Waals surface area contributed by atoms with Gasteiger partial charge in [0.25, 0.3) is 0 Å². The van der Waals surface area contributed by atoms with Crippen LogP contribution in [0.5, 0.6) is 0 Å². The molecule has 0 fully saturated rings. The average Bonchev–Trinajstić information content (AvgIpc) is 3.89. The van der Waals surface area contributed by atoms with E-state index >= 15 is 0 Å². The van der Waals surface area contributed by atoms with Gasteiger partial charge in [0.05, 0.1) is 0 Å². The SMILES string of the molecule is [Cl][Zr+2][Cl].[Cl][Zr+2][Cl].c1c[c-](CC[c-]2ccc3c2CCCC3)c2c1CCCC2.c1ccc2c(c1)cc[c-]2CC[c-]1ccc2ccccc21. The van der Waals surface area contributed by atoms with Crippen molar-refractivity contribution >= 4 is 55.6 Å². The van der Waals surface area contributed by atoms with Crippen molar-refractivity contribution in [3.8, 4) is 0 Å². The zero-order valence-electron chi connectivity index (χ0n) is 26.2. The fraction of sp³-hybridized carbons (Fsp3) is 0.300. The van der Waals surface area contributed by atoms with Gasteiger partial charge in [0.15, 0.2) is 0 Å². The Labute approximate surface area is 312 Å². The fourth-order valence-corrected chi connectivity index (χ4v) is 7.44. The van der Waals surface area contributed by atoms with E-state index in [0.717, 1.165) is 12.8 Å². The third kappa shape index (κ3) is 9.71. The summed E-state index contributed by atoms with van der Waals surface area (Å²) in [6.07, 6.45) is 15.6. The number of aryl methyl sites for hydroxylation is 6. The van der Waals surface area contributed by atoms with E-state index in [1.165, 1.54) is 96.9 Å². The molecule has 0 radical (unpaired) electrons. The summed E-state index contributed by atoms with van der Waals surface area (Å²) in [4.78, 5) is 0. The molecular weight excluding hydrogens is 805 g/mol. The molecule has 46 heavy (non-hydrogen) atoms. The van der Waals surface area contributed by atoms with Crippen LogP contribution < -0.4 is 0 Å². The van der Waals surface area contributed by atoms with Gasteiger partial charge in [-0.2, -0.15) is 57.6 Å². The molecule has 8 rings (SSSR count). The topological polar surface area (TPSA) is 0 Å². The first-order valence-corrected chi connectivity index (χ1v) is 29.0. The van der Waals surface area contributed by atoms with Crippen LogP contribution in [0.1, 0.15) is 70.2 Å². The fourth-order valence-electron chi connectivity index (χ4n) is 7.44. The first-order chi connectivity index (χ1) is 22.7. The molecule has 0 aromatic heterocycles. The largest absolute Gasteiger partial charge is 0.210 e. The molecule has 0 saturated carbocycles. The van der Waals surface area contributed by atoms with Crippen molar-refractivity contribution in [3.63, 3.8) is 0 Å². The van der Waals surface area contributed by atoms with Crippen molar-refractivity contribution in [2.45, 2.75) is 77.0 Å². The first kappa shape index (κ1) is 36.6. The van der Waals surface area contributed by atoms with E-state index in [1.54, 1.807) is 33.4 Å². The zero-order chi connectivity index (χ0) is 32.1. The van der Waals surface area contributed by atoms with E-state index in [2.05, 4.69) is 97.1 Å². The van der Waals surface area contributed by atoms with E-state index in [0.29, 0.717) is 0 Å². The van der Waals surface area contributed by atoms with Gasteiger partial charge in [-0.3, -0.25) is 0 Å². The molecule has 236 valence electrons. The smallest absolute Gasteiger partial charge is 0.0509 e. The normalized spacial score (nSPS) is 13.1. The van der Waals surface area contributed by atoms with Gasteiger partial charge in [-0.15, -0.1) is 81.2 Å². The third-order valence-electron chi connectivity index (χ3n) is 9.64. The minimum Gasteiger partial charge on any atom is -0.210 e. The molecule has 0 aliphatic heterocycles. The van der Waals surface area contributed by atoms with Gasteiger partial charge in [-0.1, -0.05) is 89.2 Å². The van der Waals surface area contributed by atoms with E-state index < -0.39 is 41.7 Å². The first-order valence-electron chi connectivity index (χ1n) is 16.4. The molecule has 0 amide bonds. The molecule has 2 aliphatic carbocycles. The zero-order valence-corrected chi connectivity index (χ0v) is 34.2. The Balaban J connectivity index is 0.000000155. The predicted octanol–water partition coefficient (Wildman–Crippen LogP) is 12.6. The summed E-state index contributed by atoms with van der Waals surface area (Å²) in [5, 5.41) is 5.52. The second-order valence-electron chi connectivity index (χ2n) is 12.2. The summed E-state index contributed by atoms with van der Waals surface area (Å²) in [5.41, 5.74) is 12.9. The van der Waals surface area contributed by atoms with Crippen molar-refractivity contribution in [2.24, 2.45) is 0 Å². The quantitative estimate of drug-likeness (QED) is 0.147. The molecule has 0 N–H and O–H groups in total. The molecule has 0 atom stereocenters. The second kappa shape index (κ2) is 19.5. The van der Waals surface area contributed by atoms with Crippen LogP contribution in [0, 0.1) is 0 Å². The van der Waals surface area contributed by atoms with Crippen molar-refractivity contribution in [3.05, 3.63) is 142 Å². The van der Waals surface area contributed by atoms with Crippen LogP contribution in [0.3, 0.4) is 0 Å². The van der Waals surface area contributed by atoms with Gasteiger partial charge in [0.1, 0.15) is 0 Å². The van der Waals surface area contributed by atoms with Crippen molar-refractivity contribution in [1.29, 1.82) is 0 Å². The summed E-state index contributed by atoms with van der Waals surface area (Å²) < 4.78 is 0. The van der Waals surface area contributed by atoms with Crippen LogP contribution in [-0.4, -0.2) is 0 Å². The van der Waals surface area contributed by atoms with E-state index in [4.69, 9.17) is 34.1 Å². The Bertz CT molecular complexity index is 1640. The van der Waals surface area contributed by atoms with Crippen molar-refractivity contribution in [1.82, 2.24) is 0 Å². The van der Waals surface area contributed by atoms with Gasteiger partial charge < -0.3 is 0 Å². The maximum absolute atomic E-state index is 4.93. The minimum absolute atomic E-state index is 0.826. The molecule has 2 aliphatic rings. The number of halogens is 4. The Morgan fingerprint density at radius 1 is 0.435 bits per heavy atom. The molecule has 0 nitrogen and oxygen atoms in total. The summed E-state index contributed by atoms with van der Waals surface area (Å²) in [7, 11) is 19.7. The molecular formula is C40H40Cl4Zr2. The maximum Gasteiger partial charge on any atom is -0.0509 e. The van der Waals surface area contributed by atoms with E-state index in [9.17, 15) is 0 Å². The number of hydrogen-bond donors (Lipinski definition) is 0. The Morgan fingerprint density at radius 2 is 0.783 bits per heavy atom. The van der Waals surface area contributed by atoms with Crippen LogP contribution in [-0.2, 0) is 93.1 Å². The van der Waals surface area contributed by atoms with Crippen LogP contribution in [0.25, 0.3) is 21.5 Å². The number of fused-ring (bicyclic) bond motifs is 4. The van der Waals surface area contributed by atoms with Gasteiger partial charge in [0.2, 0.25) is 0 Å². The predicted molar refractivity (Wildman–Crippen MR) is 195 cm³/mol. The summed E-state index contributed by atoms with van der Waals surface area (Å²) >= 11 is -1.65. The van der Waals surface area contributed by atoms with E-state index in [-0.39, 0.29) is 0 Å². The summed E-state index contributed by atoms with van der Waals surface area (Å²) in [6.45, 7) is 0. The Morgan fingerprint density at radius 3 is 1.22 bits per heavy atom. The summed E-state index contributed by atoms with van der Waals surface area (Å²) in [6, 6.07) is 35.9. The van der Waals surface area contributed by atoms with Gasteiger partial charge in [-0.25, -0.2) is 12.1 Å². The molecule has 0 spiro atoms. The molecule has 6 heteroatoms. The Kier molecular flexibility index (Phi) is 15.5. The number of hydrogen-bond acceptors (Lipinski definition) is 0. The number of benzene rings is 2. The van der Waals surface area contributed by atoms with Crippen LogP contribution in [0.4, 0.5) is 0 Å². The van der Waals surface area contributed by atoms with E-state index in [1.807, 2.05) is 0 Å². The monoisotopic (exact) mass is 840 g/mol. The minimum atomic E-state index is -0.826. The Hall–Kier alpha value is -0.714. The molecule has 0 bridgehead atoms. The molecule has 0 heterocycles. The molecule has 0 unspecified atom stereocenters. The number of rotatable bonds is 6. The molecule has 0 saturated heterocycles. The van der Waals surface area contributed by atoms with Crippen LogP contribution in [0.15, 0.2) is 97.1 Å². The van der Waals surface area contributed by atoms with Crippen LogP contribution in [0.2, 0.25) is 0 Å². The standard InChI is InChI=1S/C20H24.C20H16.4ClH.2Zr/c2*1-3-7-19-15(5-1)9-11-17(19)13-14-18-12-10-16-6-2-4-8-20(16)18;;;;;;/h9-12H,1-8,13-14H2;1-12H,13-14H2;4*1H;;/q2*-2;;;;;2*+4/p-4. The second-order valence-corrected chi connectivity index (χ2v) is 19.6. The molecule has 6 aromatic carbocycles. The van der Waals surface area contributed by atoms with Gasteiger partial charge >= 0.3 is 75.7 Å². The average molecular weight is 845 g/mol. The van der Waals surface area contributed by atoms with Crippen molar-refractivity contribution < 1.29 is 41.7 Å². The summed E-state index contributed by atoms with van der Waals surface area (Å²) in [5.74, 6) is 0. The van der Waals surface area contributed by atoms with Gasteiger partial charge in [0, 0.05) is 0 Å². The van der Waals surface area contributed by atoms with Gasteiger partial charge in [-0.05, 0) is 0 Å². The maximum atomic E-state index is 4.93. The van der Waals surface area contributed by atoms with Crippen LogP contribution >= 0.6 is 34.1 Å². The third-order valence-corrected chi connectivity index (χ3v) is 9.64. The molecule has 6 aromatic rings.